The normalized spacial score (nSPS) is 16.0. The molecule has 1 atom stereocenters. The van der Waals surface area contributed by atoms with E-state index in [2.05, 4.69) is 10.3 Å². The van der Waals surface area contributed by atoms with Crippen LogP contribution in [0.15, 0.2) is 53.3 Å². The largest absolute Gasteiger partial charge is 0.497 e. The van der Waals surface area contributed by atoms with E-state index in [-0.39, 0.29) is 23.8 Å². The molecule has 0 bridgehead atoms. The van der Waals surface area contributed by atoms with Crippen LogP contribution in [-0.4, -0.2) is 37.6 Å². The number of nitrogens with one attached hydrogen (secondary N) is 2. The van der Waals surface area contributed by atoms with Crippen molar-refractivity contribution >= 4 is 34.1 Å². The summed E-state index contributed by atoms with van der Waals surface area (Å²) in [4.78, 5) is 41.6. The maximum Gasteiger partial charge on any atom is 0.248 e. The second-order valence-corrected chi connectivity index (χ2v) is 7.44. The SMILES string of the molecule is COCc1cc(=O)[nH]c2cc(NC(=O)C3CC(=O)N(c4ccc(OC)cc4)C3)ccc12. The molecule has 3 aromatic rings. The Hall–Kier alpha value is -3.65. The van der Waals surface area contributed by atoms with Crippen molar-refractivity contribution in [1.29, 1.82) is 0 Å². The Balaban J connectivity index is 1.49. The van der Waals surface area contributed by atoms with Crippen LogP contribution in [0.2, 0.25) is 0 Å². The topological polar surface area (TPSA) is 101 Å². The first kappa shape index (κ1) is 20.6. The predicted octanol–water partition coefficient (Wildman–Crippen LogP) is 2.67. The van der Waals surface area contributed by atoms with Crippen LogP contribution >= 0.6 is 0 Å². The highest BCUT2D eigenvalue weighted by Crippen LogP contribution is 2.28. The summed E-state index contributed by atoms with van der Waals surface area (Å²) in [5.74, 6) is -0.103. The van der Waals surface area contributed by atoms with Crippen molar-refractivity contribution in [3.05, 3.63) is 64.4 Å². The fourth-order valence-electron chi connectivity index (χ4n) is 3.82. The zero-order chi connectivity index (χ0) is 22.0. The van der Waals surface area contributed by atoms with Gasteiger partial charge in [0.15, 0.2) is 0 Å². The number of aromatic amines is 1. The van der Waals surface area contributed by atoms with Crippen molar-refractivity contribution in [1.82, 2.24) is 4.98 Å². The first-order chi connectivity index (χ1) is 15.0. The van der Waals surface area contributed by atoms with E-state index in [0.29, 0.717) is 30.1 Å². The Morgan fingerprint density at radius 1 is 1.13 bits per heavy atom. The van der Waals surface area contributed by atoms with E-state index < -0.39 is 5.92 Å². The third-order valence-corrected chi connectivity index (χ3v) is 5.38. The molecule has 160 valence electrons. The lowest BCUT2D eigenvalue weighted by Crippen LogP contribution is -2.28. The molecular formula is C23H23N3O5. The summed E-state index contributed by atoms with van der Waals surface area (Å²) >= 11 is 0. The molecular weight excluding hydrogens is 398 g/mol. The Kier molecular flexibility index (Phi) is 5.73. The Bertz CT molecular complexity index is 1190. The Labute approximate surface area is 178 Å². The third-order valence-electron chi connectivity index (χ3n) is 5.38. The van der Waals surface area contributed by atoms with Crippen LogP contribution in [0, 0.1) is 5.92 Å². The number of hydrogen-bond acceptors (Lipinski definition) is 5. The number of benzene rings is 2. The molecule has 8 nitrogen and oxygen atoms in total. The number of fused-ring (bicyclic) bond motifs is 1. The number of ether oxygens (including phenoxy) is 2. The number of rotatable bonds is 6. The summed E-state index contributed by atoms with van der Waals surface area (Å²) < 4.78 is 10.3. The van der Waals surface area contributed by atoms with E-state index in [1.807, 2.05) is 6.07 Å². The van der Waals surface area contributed by atoms with Crippen molar-refractivity contribution in [3.8, 4) is 5.75 Å². The number of carbonyl (C=O) groups is 2. The van der Waals surface area contributed by atoms with Crippen molar-refractivity contribution in [3.63, 3.8) is 0 Å². The maximum atomic E-state index is 12.8. The van der Waals surface area contributed by atoms with E-state index >= 15 is 0 Å². The van der Waals surface area contributed by atoms with E-state index in [4.69, 9.17) is 9.47 Å². The summed E-state index contributed by atoms with van der Waals surface area (Å²) in [7, 11) is 3.15. The molecule has 8 heteroatoms. The maximum absolute atomic E-state index is 12.8. The number of anilines is 2. The lowest BCUT2D eigenvalue weighted by atomic mass is 10.1. The first-order valence-corrected chi connectivity index (χ1v) is 9.88. The van der Waals surface area contributed by atoms with E-state index in [1.165, 1.54) is 6.07 Å². The minimum absolute atomic E-state index is 0.0997. The summed E-state index contributed by atoms with van der Waals surface area (Å²) in [5.41, 5.74) is 2.43. The highest BCUT2D eigenvalue weighted by Gasteiger charge is 2.35. The molecule has 2 aromatic carbocycles. The van der Waals surface area contributed by atoms with Gasteiger partial charge in [0, 0.05) is 42.9 Å². The van der Waals surface area contributed by atoms with E-state index in [1.54, 1.807) is 55.5 Å². The molecule has 0 saturated carbocycles. The van der Waals surface area contributed by atoms with Gasteiger partial charge in [0.25, 0.3) is 0 Å². The lowest BCUT2D eigenvalue weighted by molar-refractivity contribution is -0.122. The van der Waals surface area contributed by atoms with Gasteiger partial charge < -0.3 is 24.7 Å². The monoisotopic (exact) mass is 421 g/mol. The molecule has 0 radical (unpaired) electrons. The fourth-order valence-corrected chi connectivity index (χ4v) is 3.82. The summed E-state index contributed by atoms with van der Waals surface area (Å²) in [6.07, 6.45) is 0.139. The molecule has 2 N–H and O–H groups in total. The van der Waals surface area contributed by atoms with Crippen molar-refractivity contribution in [2.45, 2.75) is 13.0 Å². The van der Waals surface area contributed by atoms with Crippen molar-refractivity contribution in [2.24, 2.45) is 5.92 Å². The Morgan fingerprint density at radius 2 is 1.90 bits per heavy atom. The van der Waals surface area contributed by atoms with Gasteiger partial charge in [-0.05, 0) is 42.0 Å². The number of pyridine rings is 1. The van der Waals surface area contributed by atoms with Crippen LogP contribution in [0.25, 0.3) is 10.9 Å². The average molecular weight is 421 g/mol. The number of methoxy groups -OCH3 is 2. The van der Waals surface area contributed by atoms with Gasteiger partial charge in [0.05, 0.1) is 25.2 Å². The number of amides is 2. The zero-order valence-corrected chi connectivity index (χ0v) is 17.3. The summed E-state index contributed by atoms with van der Waals surface area (Å²) in [6, 6.07) is 14.0. The number of carbonyl (C=O) groups excluding carboxylic acids is 2. The minimum Gasteiger partial charge on any atom is -0.497 e. The van der Waals surface area contributed by atoms with Gasteiger partial charge in [-0.15, -0.1) is 0 Å². The van der Waals surface area contributed by atoms with Gasteiger partial charge in [0.1, 0.15) is 5.75 Å². The van der Waals surface area contributed by atoms with Crippen LogP contribution in [0.1, 0.15) is 12.0 Å². The molecule has 31 heavy (non-hydrogen) atoms. The quantitative estimate of drug-likeness (QED) is 0.637. The van der Waals surface area contributed by atoms with Gasteiger partial charge in [-0.1, -0.05) is 6.07 Å². The molecule has 1 aromatic heterocycles. The zero-order valence-electron chi connectivity index (χ0n) is 17.3. The molecule has 0 spiro atoms. The Morgan fingerprint density at radius 3 is 2.61 bits per heavy atom. The summed E-state index contributed by atoms with van der Waals surface area (Å²) in [6.45, 7) is 0.622. The van der Waals surface area contributed by atoms with Crippen LogP contribution in [0.4, 0.5) is 11.4 Å². The molecule has 4 rings (SSSR count). The van der Waals surface area contributed by atoms with Crippen molar-refractivity contribution < 1.29 is 19.1 Å². The van der Waals surface area contributed by atoms with Crippen LogP contribution in [-0.2, 0) is 20.9 Å². The van der Waals surface area contributed by atoms with E-state index in [0.717, 1.165) is 16.6 Å². The van der Waals surface area contributed by atoms with Gasteiger partial charge >= 0.3 is 0 Å². The molecule has 1 saturated heterocycles. The van der Waals surface area contributed by atoms with Gasteiger partial charge in [-0.3, -0.25) is 14.4 Å². The van der Waals surface area contributed by atoms with Gasteiger partial charge in [-0.25, -0.2) is 0 Å². The molecule has 1 aliphatic rings. The highest BCUT2D eigenvalue weighted by atomic mass is 16.5. The number of hydrogen-bond donors (Lipinski definition) is 2. The van der Waals surface area contributed by atoms with Gasteiger partial charge in [-0.2, -0.15) is 0 Å². The molecule has 2 heterocycles. The third kappa shape index (κ3) is 4.29. The first-order valence-electron chi connectivity index (χ1n) is 9.88. The smallest absolute Gasteiger partial charge is 0.248 e. The summed E-state index contributed by atoms with van der Waals surface area (Å²) in [5, 5.41) is 3.71. The fraction of sp³-hybridized carbons (Fsp3) is 0.261. The molecule has 0 aliphatic carbocycles. The second-order valence-electron chi connectivity index (χ2n) is 7.44. The number of nitrogens with zero attached hydrogens (tertiary/aromatic N) is 1. The molecule has 1 aliphatic heterocycles. The van der Waals surface area contributed by atoms with Gasteiger partial charge in [0.2, 0.25) is 17.4 Å². The molecule has 2 amide bonds. The average Bonchev–Trinajstić information content (AvgIpc) is 3.15. The van der Waals surface area contributed by atoms with Crippen LogP contribution in [0.5, 0.6) is 5.75 Å². The second kappa shape index (κ2) is 8.61. The minimum atomic E-state index is -0.468. The standard InChI is InChI=1S/C23H23N3O5/c1-30-13-15-9-21(27)25-20-11-16(3-8-19(15)20)24-23(29)14-10-22(28)26(12-14)17-4-6-18(31-2)7-5-17/h3-9,11,14H,10,12-13H2,1-2H3,(H,24,29)(H,25,27). The number of aromatic nitrogens is 1. The number of H-pyrrole nitrogens is 1. The van der Waals surface area contributed by atoms with Crippen LogP contribution < -0.4 is 20.5 Å². The highest BCUT2D eigenvalue weighted by molar-refractivity contribution is 6.04. The van der Waals surface area contributed by atoms with E-state index in [9.17, 15) is 14.4 Å². The predicted molar refractivity (Wildman–Crippen MR) is 117 cm³/mol. The van der Waals surface area contributed by atoms with Crippen molar-refractivity contribution in [2.75, 3.05) is 31.0 Å². The van der Waals surface area contributed by atoms with Crippen LogP contribution in [0.3, 0.4) is 0 Å². The molecule has 1 unspecified atom stereocenters. The molecule has 1 fully saturated rings. The lowest BCUT2D eigenvalue weighted by Gasteiger charge is -2.17.